The quantitative estimate of drug-likeness (QED) is 0.315. The number of carbonyl (C=O) groups excluding carboxylic acids is 2. The standard InChI is InChI=1S/C11H12N2O2S/c1-4-6-12-9(14)8(3)10(15)13(7-5-2)11(12)16/h4-5H,1-3,6-7H2. The highest BCUT2D eigenvalue weighted by Crippen LogP contribution is 2.16. The Kier molecular flexibility index (Phi) is 3.73. The zero-order chi connectivity index (χ0) is 12.3. The molecule has 84 valence electrons. The van der Waals surface area contributed by atoms with Gasteiger partial charge in [0.1, 0.15) is 0 Å². The Morgan fingerprint density at radius 1 is 1.06 bits per heavy atom. The molecule has 1 aliphatic rings. The van der Waals surface area contributed by atoms with Crippen LogP contribution < -0.4 is 0 Å². The van der Waals surface area contributed by atoms with Crippen molar-refractivity contribution < 1.29 is 9.59 Å². The predicted molar refractivity (Wildman–Crippen MR) is 65.6 cm³/mol. The highest BCUT2D eigenvalue weighted by molar-refractivity contribution is 7.80. The van der Waals surface area contributed by atoms with Gasteiger partial charge in [-0.15, -0.1) is 13.2 Å². The second-order valence-corrected chi connectivity index (χ2v) is 3.54. The fourth-order valence-corrected chi connectivity index (χ4v) is 1.63. The van der Waals surface area contributed by atoms with Crippen molar-refractivity contribution in [3.05, 3.63) is 37.5 Å². The Labute approximate surface area is 99.5 Å². The number of rotatable bonds is 4. The van der Waals surface area contributed by atoms with E-state index in [2.05, 4.69) is 19.7 Å². The second kappa shape index (κ2) is 4.85. The van der Waals surface area contributed by atoms with Gasteiger partial charge in [0, 0.05) is 13.1 Å². The van der Waals surface area contributed by atoms with E-state index in [0.717, 1.165) is 0 Å². The highest BCUT2D eigenvalue weighted by Gasteiger charge is 2.36. The topological polar surface area (TPSA) is 40.6 Å². The molecule has 1 heterocycles. The first-order chi connectivity index (χ1) is 7.54. The molecule has 0 unspecified atom stereocenters. The lowest BCUT2D eigenvalue weighted by Crippen LogP contribution is -2.55. The maximum atomic E-state index is 11.7. The molecule has 0 aromatic rings. The Morgan fingerprint density at radius 2 is 1.44 bits per heavy atom. The van der Waals surface area contributed by atoms with Crippen LogP contribution in [0.25, 0.3) is 0 Å². The van der Waals surface area contributed by atoms with E-state index in [1.807, 2.05) is 0 Å². The van der Waals surface area contributed by atoms with Crippen LogP contribution in [0, 0.1) is 0 Å². The number of hydrogen-bond donors (Lipinski definition) is 0. The monoisotopic (exact) mass is 236 g/mol. The Hall–Kier alpha value is -1.75. The summed E-state index contributed by atoms with van der Waals surface area (Å²) in [6.45, 7) is 11.1. The van der Waals surface area contributed by atoms with Crippen molar-refractivity contribution in [1.82, 2.24) is 9.80 Å². The van der Waals surface area contributed by atoms with Gasteiger partial charge in [-0.05, 0) is 12.2 Å². The molecular formula is C11H12N2O2S. The third-order valence-corrected chi connectivity index (χ3v) is 2.53. The smallest absolute Gasteiger partial charge is 0.265 e. The van der Waals surface area contributed by atoms with Gasteiger partial charge < -0.3 is 0 Å². The molecule has 0 spiro atoms. The summed E-state index contributed by atoms with van der Waals surface area (Å²) in [5, 5.41) is 0.169. The molecule has 4 nitrogen and oxygen atoms in total. The molecule has 0 aromatic carbocycles. The maximum Gasteiger partial charge on any atom is 0.265 e. The molecule has 1 rings (SSSR count). The molecular weight excluding hydrogens is 224 g/mol. The molecule has 1 saturated heterocycles. The summed E-state index contributed by atoms with van der Waals surface area (Å²) >= 11 is 5.06. The van der Waals surface area contributed by atoms with Gasteiger partial charge in [-0.1, -0.05) is 18.7 Å². The molecule has 2 amide bonds. The van der Waals surface area contributed by atoms with Crippen molar-refractivity contribution in [1.29, 1.82) is 0 Å². The van der Waals surface area contributed by atoms with Crippen molar-refractivity contribution in [2.45, 2.75) is 0 Å². The van der Waals surface area contributed by atoms with Crippen molar-refractivity contribution >= 4 is 29.1 Å². The molecule has 1 aliphatic heterocycles. The minimum atomic E-state index is -0.463. The minimum absolute atomic E-state index is 0.0858. The summed E-state index contributed by atoms with van der Waals surface area (Å²) in [6.07, 6.45) is 3.08. The lowest BCUT2D eigenvalue weighted by atomic mass is 10.2. The fourth-order valence-electron chi connectivity index (χ4n) is 1.32. The number of hydrogen-bond acceptors (Lipinski definition) is 3. The van der Waals surface area contributed by atoms with Crippen molar-refractivity contribution in [3.8, 4) is 0 Å². The maximum absolute atomic E-state index is 11.7. The Bertz CT molecular complexity index is 367. The van der Waals surface area contributed by atoms with Crippen LogP contribution in [-0.4, -0.2) is 39.8 Å². The van der Waals surface area contributed by atoms with Crippen LogP contribution in [0.5, 0.6) is 0 Å². The van der Waals surface area contributed by atoms with E-state index in [9.17, 15) is 9.59 Å². The molecule has 0 N–H and O–H groups in total. The molecule has 0 saturated carbocycles. The van der Waals surface area contributed by atoms with Crippen molar-refractivity contribution in [2.75, 3.05) is 13.1 Å². The van der Waals surface area contributed by atoms with Crippen LogP contribution in [-0.2, 0) is 9.59 Å². The molecule has 0 aromatic heterocycles. The average molecular weight is 236 g/mol. The van der Waals surface area contributed by atoms with E-state index >= 15 is 0 Å². The molecule has 0 radical (unpaired) electrons. The molecule has 16 heavy (non-hydrogen) atoms. The van der Waals surface area contributed by atoms with Gasteiger partial charge in [-0.3, -0.25) is 19.4 Å². The van der Waals surface area contributed by atoms with E-state index in [-0.39, 0.29) is 23.8 Å². The highest BCUT2D eigenvalue weighted by atomic mass is 32.1. The lowest BCUT2D eigenvalue weighted by Gasteiger charge is -2.35. The Morgan fingerprint density at radius 3 is 1.75 bits per heavy atom. The third kappa shape index (κ3) is 1.94. The van der Waals surface area contributed by atoms with Gasteiger partial charge in [-0.2, -0.15) is 0 Å². The zero-order valence-corrected chi connectivity index (χ0v) is 9.63. The van der Waals surface area contributed by atoms with E-state index < -0.39 is 11.8 Å². The van der Waals surface area contributed by atoms with Crippen molar-refractivity contribution in [2.24, 2.45) is 0 Å². The van der Waals surface area contributed by atoms with Gasteiger partial charge in [0.05, 0.1) is 5.57 Å². The van der Waals surface area contributed by atoms with E-state index in [4.69, 9.17) is 12.2 Å². The SMILES string of the molecule is C=CCN1C(=O)C(=C)C(=O)N(CC=C)C1=S. The summed E-state index contributed by atoms with van der Waals surface area (Å²) in [4.78, 5) is 26.0. The summed E-state index contributed by atoms with van der Waals surface area (Å²) in [5.41, 5.74) is -0.0858. The van der Waals surface area contributed by atoms with E-state index in [1.165, 1.54) is 9.80 Å². The van der Waals surface area contributed by atoms with Crippen LogP contribution in [0.3, 0.4) is 0 Å². The molecule has 1 fully saturated rings. The van der Waals surface area contributed by atoms with Crippen LogP contribution >= 0.6 is 12.2 Å². The van der Waals surface area contributed by atoms with Crippen LogP contribution in [0.15, 0.2) is 37.5 Å². The average Bonchev–Trinajstić information content (AvgIpc) is 2.28. The predicted octanol–water partition coefficient (Wildman–Crippen LogP) is 0.870. The zero-order valence-electron chi connectivity index (χ0n) is 8.81. The van der Waals surface area contributed by atoms with Gasteiger partial charge in [0.2, 0.25) is 0 Å². The first-order valence-corrected chi connectivity index (χ1v) is 5.03. The van der Waals surface area contributed by atoms with Crippen LogP contribution in [0.1, 0.15) is 0 Å². The van der Waals surface area contributed by atoms with Gasteiger partial charge in [-0.25, -0.2) is 0 Å². The van der Waals surface area contributed by atoms with Crippen LogP contribution in [0.4, 0.5) is 0 Å². The first kappa shape index (κ1) is 12.3. The van der Waals surface area contributed by atoms with Crippen molar-refractivity contribution in [3.63, 3.8) is 0 Å². The molecule has 0 atom stereocenters. The number of amides is 2. The Balaban J connectivity index is 3.06. The summed E-state index contributed by atoms with van der Waals surface area (Å²) in [6, 6.07) is 0. The van der Waals surface area contributed by atoms with E-state index in [0.29, 0.717) is 0 Å². The van der Waals surface area contributed by atoms with Gasteiger partial charge in [0.15, 0.2) is 5.11 Å². The molecule has 0 bridgehead atoms. The number of thiocarbonyl (C=S) groups is 1. The van der Waals surface area contributed by atoms with Crippen LogP contribution in [0.2, 0.25) is 0 Å². The summed E-state index contributed by atoms with van der Waals surface area (Å²) in [7, 11) is 0. The van der Waals surface area contributed by atoms with Gasteiger partial charge in [0.25, 0.3) is 11.8 Å². The molecule has 0 aliphatic carbocycles. The number of nitrogens with zero attached hydrogens (tertiary/aromatic N) is 2. The summed E-state index contributed by atoms with van der Waals surface area (Å²) < 4.78 is 0. The molecule has 5 heteroatoms. The normalized spacial score (nSPS) is 16.8. The summed E-state index contributed by atoms with van der Waals surface area (Å²) in [5.74, 6) is -0.926. The number of carbonyl (C=O) groups is 2. The second-order valence-electron chi connectivity index (χ2n) is 3.17. The lowest BCUT2D eigenvalue weighted by molar-refractivity contribution is -0.133. The first-order valence-electron chi connectivity index (χ1n) is 4.63. The fraction of sp³-hybridized carbons (Fsp3) is 0.182. The third-order valence-electron chi connectivity index (χ3n) is 2.09. The van der Waals surface area contributed by atoms with E-state index in [1.54, 1.807) is 12.2 Å². The van der Waals surface area contributed by atoms with Gasteiger partial charge >= 0.3 is 0 Å². The minimum Gasteiger partial charge on any atom is -0.281 e. The largest absolute Gasteiger partial charge is 0.281 e.